The van der Waals surface area contributed by atoms with Gasteiger partial charge in [0.2, 0.25) is 5.91 Å². The van der Waals surface area contributed by atoms with Gasteiger partial charge in [0.15, 0.2) is 0 Å². The molecule has 6 nitrogen and oxygen atoms in total. The van der Waals surface area contributed by atoms with E-state index in [0.717, 1.165) is 17.8 Å². The van der Waals surface area contributed by atoms with E-state index in [1.807, 2.05) is 18.2 Å². The molecule has 0 spiro atoms. The number of carbonyl (C=O) groups excluding carboxylic acids is 2. The van der Waals surface area contributed by atoms with E-state index >= 15 is 0 Å². The van der Waals surface area contributed by atoms with Crippen molar-refractivity contribution in [3.05, 3.63) is 54.1 Å². The highest BCUT2D eigenvalue weighted by molar-refractivity contribution is 5.99. The van der Waals surface area contributed by atoms with Gasteiger partial charge in [-0.3, -0.25) is 4.79 Å². The Kier molecular flexibility index (Phi) is 4.14. The minimum absolute atomic E-state index is 0.120. The first-order valence-corrected chi connectivity index (χ1v) is 7.35. The number of benzene rings is 2. The lowest BCUT2D eigenvalue weighted by Crippen LogP contribution is -2.43. The number of carbonyl (C=O) groups is 2. The first-order valence-electron chi connectivity index (χ1n) is 7.35. The molecule has 3 rings (SSSR count). The molecule has 0 bridgehead atoms. The van der Waals surface area contributed by atoms with Crippen molar-refractivity contribution in [3.63, 3.8) is 0 Å². The van der Waals surface area contributed by atoms with Crippen molar-refractivity contribution >= 4 is 23.3 Å². The normalized spacial score (nSPS) is 13.4. The number of anilines is 2. The topological polar surface area (TPSA) is 81.7 Å². The molecule has 0 saturated carbocycles. The van der Waals surface area contributed by atoms with Gasteiger partial charge in [-0.2, -0.15) is 0 Å². The van der Waals surface area contributed by atoms with Gasteiger partial charge in [0.25, 0.3) is 0 Å². The van der Waals surface area contributed by atoms with Crippen LogP contribution in [0.15, 0.2) is 48.5 Å². The molecule has 1 fully saturated rings. The van der Waals surface area contributed by atoms with Crippen LogP contribution in [-0.4, -0.2) is 23.6 Å². The Morgan fingerprint density at radius 2 is 1.96 bits per heavy atom. The Hall–Kier alpha value is -3.02. The van der Waals surface area contributed by atoms with E-state index in [4.69, 9.17) is 0 Å². The maximum atomic E-state index is 11.9. The van der Waals surface area contributed by atoms with Crippen molar-refractivity contribution in [3.8, 4) is 5.75 Å². The molecular weight excluding hydrogens is 294 g/mol. The van der Waals surface area contributed by atoms with Crippen LogP contribution in [0.4, 0.5) is 16.2 Å². The summed E-state index contributed by atoms with van der Waals surface area (Å²) in [6.45, 7) is 1.07. The number of hydrogen-bond acceptors (Lipinski definition) is 3. The van der Waals surface area contributed by atoms with Gasteiger partial charge in [-0.1, -0.05) is 12.1 Å². The largest absolute Gasteiger partial charge is 0.508 e. The molecule has 0 radical (unpaired) electrons. The first kappa shape index (κ1) is 14.9. The third-order valence-electron chi connectivity index (χ3n) is 3.65. The Morgan fingerprint density at radius 3 is 2.57 bits per heavy atom. The van der Waals surface area contributed by atoms with Crippen LogP contribution in [0.2, 0.25) is 0 Å². The number of phenols is 1. The number of hydrogen-bond donors (Lipinski definition) is 3. The number of nitrogens with zero attached hydrogens (tertiary/aromatic N) is 1. The number of amides is 3. The highest BCUT2D eigenvalue weighted by atomic mass is 16.3. The predicted octanol–water partition coefficient (Wildman–Crippen LogP) is 2.45. The van der Waals surface area contributed by atoms with Crippen LogP contribution < -0.4 is 15.5 Å². The minimum Gasteiger partial charge on any atom is -0.508 e. The van der Waals surface area contributed by atoms with Crippen LogP contribution in [0.3, 0.4) is 0 Å². The number of urea groups is 1. The molecule has 0 aromatic heterocycles. The average molecular weight is 311 g/mol. The summed E-state index contributed by atoms with van der Waals surface area (Å²) >= 11 is 0. The maximum absolute atomic E-state index is 11.9. The van der Waals surface area contributed by atoms with Crippen molar-refractivity contribution in [1.29, 1.82) is 0 Å². The van der Waals surface area contributed by atoms with Gasteiger partial charge >= 0.3 is 6.03 Å². The van der Waals surface area contributed by atoms with Gasteiger partial charge in [0.1, 0.15) is 5.75 Å². The molecule has 118 valence electrons. The molecule has 2 aromatic carbocycles. The summed E-state index contributed by atoms with van der Waals surface area (Å²) in [4.78, 5) is 24.9. The van der Waals surface area contributed by atoms with E-state index in [1.54, 1.807) is 35.2 Å². The lowest BCUT2D eigenvalue weighted by molar-refractivity contribution is -0.122. The minimum atomic E-state index is -0.332. The van der Waals surface area contributed by atoms with Gasteiger partial charge in [-0.05, 0) is 42.0 Å². The second-order valence-corrected chi connectivity index (χ2v) is 5.32. The summed E-state index contributed by atoms with van der Waals surface area (Å²) in [5.41, 5.74) is 2.30. The third kappa shape index (κ3) is 3.60. The quantitative estimate of drug-likeness (QED) is 0.759. The summed E-state index contributed by atoms with van der Waals surface area (Å²) in [5, 5.41) is 14.8. The molecule has 3 N–H and O–H groups in total. The molecule has 1 aliphatic heterocycles. The van der Waals surface area contributed by atoms with E-state index in [2.05, 4.69) is 10.6 Å². The average Bonchev–Trinajstić information content (AvgIpc) is 2.53. The summed E-state index contributed by atoms with van der Waals surface area (Å²) in [6.07, 6.45) is 0.595. The van der Waals surface area contributed by atoms with E-state index < -0.39 is 0 Å². The summed E-state index contributed by atoms with van der Waals surface area (Å²) in [6, 6.07) is 13.5. The van der Waals surface area contributed by atoms with Crippen molar-refractivity contribution in [2.45, 2.75) is 13.0 Å². The fraction of sp³-hybridized carbons (Fsp3) is 0.176. The Balaban J connectivity index is 1.52. The van der Waals surface area contributed by atoms with E-state index in [0.29, 0.717) is 18.7 Å². The monoisotopic (exact) mass is 311 g/mol. The Labute approximate surface area is 133 Å². The molecule has 3 amide bonds. The zero-order chi connectivity index (χ0) is 16.2. The van der Waals surface area contributed by atoms with Crippen LogP contribution in [0.1, 0.15) is 12.0 Å². The molecule has 1 heterocycles. The predicted molar refractivity (Wildman–Crippen MR) is 87.4 cm³/mol. The van der Waals surface area contributed by atoms with Gasteiger partial charge in [0, 0.05) is 30.9 Å². The third-order valence-corrected chi connectivity index (χ3v) is 3.65. The number of phenolic OH excluding ortho intramolecular Hbond substituents is 1. The molecule has 0 atom stereocenters. The molecule has 2 aromatic rings. The SMILES string of the molecule is O=C(NCc1cccc(O)c1)Nc1ccc(N2CCC2=O)cc1. The Bertz CT molecular complexity index is 728. The number of aromatic hydroxyl groups is 1. The van der Waals surface area contributed by atoms with Crippen LogP contribution in [0.25, 0.3) is 0 Å². The van der Waals surface area contributed by atoms with Crippen LogP contribution in [-0.2, 0) is 11.3 Å². The summed E-state index contributed by atoms with van der Waals surface area (Å²) in [5.74, 6) is 0.287. The van der Waals surface area contributed by atoms with Crippen molar-refractivity contribution in [2.24, 2.45) is 0 Å². The van der Waals surface area contributed by atoms with E-state index in [1.165, 1.54) is 0 Å². The van der Waals surface area contributed by atoms with Crippen molar-refractivity contribution in [1.82, 2.24) is 5.32 Å². The van der Waals surface area contributed by atoms with Crippen LogP contribution >= 0.6 is 0 Å². The standard InChI is InChI=1S/C17H17N3O3/c21-15-3-1-2-12(10-15)11-18-17(23)19-13-4-6-14(7-5-13)20-9-8-16(20)22/h1-7,10,21H,8-9,11H2,(H2,18,19,23). The van der Waals surface area contributed by atoms with Gasteiger partial charge in [0.05, 0.1) is 0 Å². The molecule has 1 saturated heterocycles. The highest BCUT2D eigenvalue weighted by Crippen LogP contribution is 2.23. The van der Waals surface area contributed by atoms with Gasteiger partial charge < -0.3 is 20.6 Å². The number of nitrogens with one attached hydrogen (secondary N) is 2. The van der Waals surface area contributed by atoms with Crippen LogP contribution in [0.5, 0.6) is 5.75 Å². The molecule has 0 unspecified atom stereocenters. The van der Waals surface area contributed by atoms with Gasteiger partial charge in [-0.25, -0.2) is 4.79 Å². The zero-order valence-electron chi connectivity index (χ0n) is 12.5. The smallest absolute Gasteiger partial charge is 0.319 e. The molecule has 1 aliphatic rings. The van der Waals surface area contributed by atoms with Crippen LogP contribution in [0, 0.1) is 0 Å². The second kappa shape index (κ2) is 6.39. The molecule has 6 heteroatoms. The second-order valence-electron chi connectivity index (χ2n) is 5.32. The molecule has 0 aliphatic carbocycles. The first-order chi connectivity index (χ1) is 11.1. The van der Waals surface area contributed by atoms with E-state index in [-0.39, 0.29) is 17.7 Å². The molecule has 23 heavy (non-hydrogen) atoms. The summed E-state index contributed by atoms with van der Waals surface area (Å²) < 4.78 is 0. The van der Waals surface area contributed by atoms with Crippen molar-refractivity contribution in [2.75, 3.05) is 16.8 Å². The fourth-order valence-corrected chi connectivity index (χ4v) is 2.34. The fourth-order valence-electron chi connectivity index (χ4n) is 2.34. The highest BCUT2D eigenvalue weighted by Gasteiger charge is 2.24. The summed E-state index contributed by atoms with van der Waals surface area (Å²) in [7, 11) is 0. The lowest BCUT2D eigenvalue weighted by Gasteiger charge is -2.30. The van der Waals surface area contributed by atoms with Gasteiger partial charge in [-0.15, -0.1) is 0 Å². The maximum Gasteiger partial charge on any atom is 0.319 e. The number of rotatable bonds is 4. The number of β-lactam (4-membered cyclic amide) rings is 1. The lowest BCUT2D eigenvalue weighted by atomic mass is 10.1. The Morgan fingerprint density at radius 1 is 1.17 bits per heavy atom. The zero-order valence-corrected chi connectivity index (χ0v) is 12.5. The van der Waals surface area contributed by atoms with E-state index in [9.17, 15) is 14.7 Å². The van der Waals surface area contributed by atoms with Crippen molar-refractivity contribution < 1.29 is 14.7 Å². The molecular formula is C17H17N3O3.